The molecular weight excluding hydrogens is 194 g/mol. The molecule has 15 heavy (non-hydrogen) atoms. The number of aromatic nitrogens is 1. The van der Waals surface area contributed by atoms with Crippen molar-refractivity contribution >= 4 is 17.6 Å². The van der Waals surface area contributed by atoms with Crippen molar-refractivity contribution in [3.8, 4) is 0 Å². The molecule has 0 bridgehead atoms. The molecule has 1 aromatic rings. The topological polar surface area (TPSA) is 85.1 Å². The van der Waals surface area contributed by atoms with Gasteiger partial charge in [-0.2, -0.15) is 0 Å². The molecule has 0 spiro atoms. The van der Waals surface area contributed by atoms with Crippen molar-refractivity contribution in [3.05, 3.63) is 23.4 Å². The summed E-state index contributed by atoms with van der Waals surface area (Å²) in [6, 6.07) is 3.03. The molecule has 0 saturated heterocycles. The van der Waals surface area contributed by atoms with Gasteiger partial charge in [-0.25, -0.2) is 4.98 Å². The number of amides is 2. The number of rotatable bonds is 3. The van der Waals surface area contributed by atoms with Crippen molar-refractivity contribution in [2.75, 3.05) is 5.32 Å². The van der Waals surface area contributed by atoms with Crippen LogP contribution in [-0.2, 0) is 4.79 Å². The SMILES string of the molecule is CCC(=O)Nc1cc(C(N)=O)cc(C)n1. The van der Waals surface area contributed by atoms with Crippen LogP contribution in [0.2, 0.25) is 0 Å². The van der Waals surface area contributed by atoms with E-state index in [1.165, 1.54) is 6.07 Å². The van der Waals surface area contributed by atoms with Gasteiger partial charge < -0.3 is 11.1 Å². The molecule has 3 N–H and O–H groups in total. The van der Waals surface area contributed by atoms with Crippen LogP contribution in [0.3, 0.4) is 0 Å². The molecule has 1 heterocycles. The van der Waals surface area contributed by atoms with E-state index in [0.717, 1.165) is 0 Å². The molecule has 1 aromatic heterocycles. The lowest BCUT2D eigenvalue weighted by Gasteiger charge is -2.05. The molecule has 80 valence electrons. The zero-order chi connectivity index (χ0) is 11.4. The smallest absolute Gasteiger partial charge is 0.248 e. The average Bonchev–Trinajstić information content (AvgIpc) is 2.16. The number of nitrogens with zero attached hydrogens (tertiary/aromatic N) is 1. The summed E-state index contributed by atoms with van der Waals surface area (Å²) in [5.74, 6) is -0.327. The largest absolute Gasteiger partial charge is 0.366 e. The highest BCUT2D eigenvalue weighted by molar-refractivity contribution is 5.95. The van der Waals surface area contributed by atoms with Crippen LogP contribution in [0.1, 0.15) is 29.4 Å². The lowest BCUT2D eigenvalue weighted by Crippen LogP contribution is -2.15. The van der Waals surface area contributed by atoms with Crippen LogP contribution in [0.15, 0.2) is 12.1 Å². The predicted molar refractivity (Wildman–Crippen MR) is 56.4 cm³/mol. The third-order valence-electron chi connectivity index (χ3n) is 1.83. The molecule has 0 saturated carbocycles. The highest BCUT2D eigenvalue weighted by atomic mass is 16.2. The van der Waals surface area contributed by atoms with Crippen molar-refractivity contribution < 1.29 is 9.59 Å². The molecule has 5 nitrogen and oxygen atoms in total. The first-order valence-corrected chi connectivity index (χ1v) is 4.61. The summed E-state index contributed by atoms with van der Waals surface area (Å²) >= 11 is 0. The fourth-order valence-corrected chi connectivity index (χ4v) is 1.11. The van der Waals surface area contributed by atoms with E-state index in [4.69, 9.17) is 5.73 Å². The van der Waals surface area contributed by atoms with Crippen molar-refractivity contribution in [2.24, 2.45) is 5.73 Å². The number of carbonyl (C=O) groups excluding carboxylic acids is 2. The second-order valence-electron chi connectivity index (χ2n) is 3.15. The van der Waals surface area contributed by atoms with Crippen molar-refractivity contribution in [1.29, 1.82) is 0 Å². The third-order valence-corrected chi connectivity index (χ3v) is 1.83. The first kappa shape index (κ1) is 11.2. The summed E-state index contributed by atoms with van der Waals surface area (Å²) in [5.41, 5.74) is 6.11. The van der Waals surface area contributed by atoms with Gasteiger partial charge in [0.2, 0.25) is 11.8 Å². The van der Waals surface area contributed by atoms with E-state index in [1.54, 1.807) is 19.9 Å². The number of hydrogen-bond donors (Lipinski definition) is 2. The van der Waals surface area contributed by atoms with Gasteiger partial charge in [0, 0.05) is 17.7 Å². The fourth-order valence-electron chi connectivity index (χ4n) is 1.11. The molecule has 2 amide bonds. The number of nitrogens with two attached hydrogens (primary N) is 1. The Balaban J connectivity index is 2.98. The molecule has 5 heteroatoms. The van der Waals surface area contributed by atoms with Gasteiger partial charge in [0.25, 0.3) is 0 Å². The van der Waals surface area contributed by atoms with Crippen molar-refractivity contribution in [1.82, 2.24) is 4.98 Å². The summed E-state index contributed by atoms with van der Waals surface area (Å²) in [5, 5.41) is 2.57. The molecule has 0 radical (unpaired) electrons. The minimum atomic E-state index is -0.535. The lowest BCUT2D eigenvalue weighted by molar-refractivity contribution is -0.115. The van der Waals surface area contributed by atoms with Crippen LogP contribution in [0.4, 0.5) is 5.82 Å². The number of anilines is 1. The van der Waals surface area contributed by atoms with Crippen LogP contribution < -0.4 is 11.1 Å². The zero-order valence-electron chi connectivity index (χ0n) is 8.70. The van der Waals surface area contributed by atoms with Crippen molar-refractivity contribution in [3.63, 3.8) is 0 Å². The van der Waals surface area contributed by atoms with Gasteiger partial charge in [0.15, 0.2) is 0 Å². The van der Waals surface area contributed by atoms with Crippen molar-refractivity contribution in [2.45, 2.75) is 20.3 Å². The maximum absolute atomic E-state index is 11.1. The average molecular weight is 207 g/mol. The molecular formula is C10H13N3O2. The molecule has 0 aliphatic heterocycles. The van der Waals surface area contributed by atoms with E-state index in [-0.39, 0.29) is 5.91 Å². The second kappa shape index (κ2) is 4.54. The number of pyridine rings is 1. The number of primary amides is 1. The highest BCUT2D eigenvalue weighted by Crippen LogP contribution is 2.09. The number of aryl methyl sites for hydroxylation is 1. The van der Waals surface area contributed by atoms with E-state index in [2.05, 4.69) is 10.3 Å². The van der Waals surface area contributed by atoms with Gasteiger partial charge in [0.1, 0.15) is 5.82 Å². The van der Waals surface area contributed by atoms with E-state index in [9.17, 15) is 9.59 Å². The summed E-state index contributed by atoms with van der Waals surface area (Å²) in [6.07, 6.45) is 0.363. The summed E-state index contributed by atoms with van der Waals surface area (Å²) in [7, 11) is 0. The Hall–Kier alpha value is -1.91. The predicted octanol–water partition coefficient (Wildman–Crippen LogP) is 0.837. The Labute approximate surface area is 87.7 Å². The van der Waals surface area contributed by atoms with Gasteiger partial charge in [0.05, 0.1) is 0 Å². The number of carbonyl (C=O) groups is 2. The number of hydrogen-bond acceptors (Lipinski definition) is 3. The minimum Gasteiger partial charge on any atom is -0.366 e. The Morgan fingerprint density at radius 3 is 2.67 bits per heavy atom. The lowest BCUT2D eigenvalue weighted by atomic mass is 10.2. The van der Waals surface area contributed by atoms with Gasteiger partial charge in [-0.15, -0.1) is 0 Å². The minimum absolute atomic E-state index is 0.150. The molecule has 0 aliphatic rings. The summed E-state index contributed by atoms with van der Waals surface area (Å²) in [4.78, 5) is 26.1. The monoisotopic (exact) mass is 207 g/mol. The van der Waals surface area contributed by atoms with Crippen LogP contribution in [0.5, 0.6) is 0 Å². The van der Waals surface area contributed by atoms with E-state index >= 15 is 0 Å². The Bertz CT molecular complexity index is 402. The molecule has 0 aromatic carbocycles. The maximum atomic E-state index is 11.1. The van der Waals surface area contributed by atoms with Gasteiger partial charge in [-0.3, -0.25) is 9.59 Å². The Kier molecular flexibility index (Phi) is 3.38. The normalized spacial score (nSPS) is 9.73. The summed E-state index contributed by atoms with van der Waals surface area (Å²) < 4.78 is 0. The third kappa shape index (κ3) is 3.05. The van der Waals surface area contributed by atoms with E-state index in [0.29, 0.717) is 23.5 Å². The summed E-state index contributed by atoms with van der Waals surface area (Å²) in [6.45, 7) is 3.47. The van der Waals surface area contributed by atoms with E-state index in [1.807, 2.05) is 0 Å². The first-order valence-electron chi connectivity index (χ1n) is 4.61. The van der Waals surface area contributed by atoms with Crippen LogP contribution in [-0.4, -0.2) is 16.8 Å². The Morgan fingerprint density at radius 2 is 2.13 bits per heavy atom. The maximum Gasteiger partial charge on any atom is 0.248 e. The van der Waals surface area contributed by atoms with Gasteiger partial charge in [-0.1, -0.05) is 6.92 Å². The molecule has 0 unspecified atom stereocenters. The standard InChI is InChI=1S/C10H13N3O2/c1-3-9(14)13-8-5-7(10(11)15)4-6(2)12-8/h4-5H,3H2,1-2H3,(H2,11,15)(H,12,13,14). The molecule has 0 atom stereocenters. The van der Waals surface area contributed by atoms with Crippen LogP contribution in [0.25, 0.3) is 0 Å². The first-order chi connectivity index (χ1) is 7.02. The molecule has 0 fully saturated rings. The highest BCUT2D eigenvalue weighted by Gasteiger charge is 2.06. The quantitative estimate of drug-likeness (QED) is 0.770. The molecule has 1 rings (SSSR count). The zero-order valence-corrected chi connectivity index (χ0v) is 8.70. The Morgan fingerprint density at radius 1 is 1.47 bits per heavy atom. The fraction of sp³-hybridized carbons (Fsp3) is 0.300. The van der Waals surface area contributed by atoms with Gasteiger partial charge >= 0.3 is 0 Å². The molecule has 0 aliphatic carbocycles. The van der Waals surface area contributed by atoms with Gasteiger partial charge in [-0.05, 0) is 19.1 Å². The second-order valence-corrected chi connectivity index (χ2v) is 3.15. The van der Waals surface area contributed by atoms with Crippen LogP contribution >= 0.6 is 0 Å². The number of nitrogens with one attached hydrogen (secondary N) is 1. The van der Waals surface area contributed by atoms with E-state index < -0.39 is 5.91 Å². The van der Waals surface area contributed by atoms with Crippen LogP contribution in [0, 0.1) is 6.92 Å².